The maximum atomic E-state index is 2.61. The van der Waals surface area contributed by atoms with E-state index in [1.165, 1.54) is 177 Å². The highest BCUT2D eigenvalue weighted by molar-refractivity contribution is 6.22. The van der Waals surface area contributed by atoms with Gasteiger partial charge >= 0.3 is 0 Å². The average molecular weight is 1200 g/mol. The van der Waals surface area contributed by atoms with Crippen LogP contribution in [0, 0.1) is 0 Å². The maximum Gasteiger partial charge on any atom is 0.0754 e. The number of fused-ring (bicyclic) bond motifs is 32. The summed E-state index contributed by atoms with van der Waals surface area (Å²) in [5.41, 5.74) is 33.7. The summed E-state index contributed by atoms with van der Waals surface area (Å²) < 4.78 is 0. The molecule has 1 atom stereocenters. The highest BCUT2D eigenvalue weighted by atomic mass is 15.2. The molecule has 0 radical (unpaired) electrons. The van der Waals surface area contributed by atoms with Crippen molar-refractivity contribution in [3.8, 4) is 55.6 Å². The fraction of sp³-hybridized carbons (Fsp3) is 0.0323. The Morgan fingerprint density at radius 3 is 0.926 bits per heavy atom. The predicted molar refractivity (Wildman–Crippen MR) is 392 cm³/mol. The minimum absolute atomic E-state index is 0.560. The molecule has 16 aromatic rings. The summed E-state index contributed by atoms with van der Waals surface area (Å²) in [6, 6.07) is 130. The highest BCUT2D eigenvalue weighted by Gasteiger charge is 2.56. The summed E-state index contributed by atoms with van der Waals surface area (Å²) in [6.45, 7) is 0. The molecule has 0 aromatic heterocycles. The fourth-order valence-corrected chi connectivity index (χ4v) is 19.6. The largest absolute Gasteiger partial charge is 0.309 e. The van der Waals surface area contributed by atoms with E-state index in [0.717, 1.165) is 11.4 Å². The predicted octanol–water partition coefficient (Wildman–Crippen LogP) is 23.4. The molecule has 6 aliphatic rings. The van der Waals surface area contributed by atoms with Crippen LogP contribution in [0.5, 0.6) is 0 Å². The molecule has 0 saturated heterocycles. The van der Waals surface area contributed by atoms with Crippen LogP contribution in [0.25, 0.3) is 88.0 Å². The van der Waals surface area contributed by atoms with E-state index in [2.05, 4.69) is 350 Å². The number of nitrogens with zero attached hydrogens (tertiary/aromatic N) is 2. The summed E-state index contributed by atoms with van der Waals surface area (Å²) in [5.74, 6) is 0. The highest BCUT2D eigenvalue weighted by Crippen LogP contribution is 2.69. The van der Waals surface area contributed by atoms with Gasteiger partial charge in [0.25, 0.3) is 0 Å². The van der Waals surface area contributed by atoms with Crippen molar-refractivity contribution in [2.24, 2.45) is 0 Å². The van der Waals surface area contributed by atoms with Crippen molar-refractivity contribution < 1.29 is 0 Å². The van der Waals surface area contributed by atoms with Gasteiger partial charge in [0, 0.05) is 10.8 Å². The second-order valence-electron chi connectivity index (χ2n) is 26.7. The van der Waals surface area contributed by atoms with Crippen LogP contribution in [0.15, 0.2) is 340 Å². The molecule has 0 amide bonds. The first kappa shape index (κ1) is 51.5. The molecule has 0 saturated carbocycles. The molecule has 22 rings (SSSR count). The lowest BCUT2D eigenvalue weighted by Crippen LogP contribution is -2.36. The van der Waals surface area contributed by atoms with Crippen LogP contribution in [-0.2, 0) is 16.2 Å². The Bertz CT molecular complexity index is 5660. The lowest BCUT2D eigenvalue weighted by Gasteiger charge is -2.45. The SMILES string of the molecule is c1ccc2c(c1)-c1ccccc1C21c2ccccc2N(c2cccc3c(-c4cccc5c4-c4ccccc4C54c5ccccc5-c5ccc6ccccc6c54)c4cccc(N5c6ccccc6C6(c7ccccc7-c7ccccc76)c6ccccc65)c4cc23)c2ccccc21. The lowest BCUT2D eigenvalue weighted by molar-refractivity contribution is 0.753. The van der Waals surface area contributed by atoms with Crippen molar-refractivity contribution in [1.82, 2.24) is 0 Å². The van der Waals surface area contributed by atoms with E-state index in [9.17, 15) is 0 Å². The summed E-state index contributed by atoms with van der Waals surface area (Å²) in [5, 5.41) is 7.28. The Hall–Kier alpha value is -12.1. The van der Waals surface area contributed by atoms with E-state index in [1.54, 1.807) is 0 Å². The van der Waals surface area contributed by atoms with E-state index >= 15 is 0 Å². The van der Waals surface area contributed by atoms with Crippen LogP contribution in [-0.4, -0.2) is 0 Å². The van der Waals surface area contributed by atoms with Crippen LogP contribution in [0.3, 0.4) is 0 Å². The number of hydrogen-bond donors (Lipinski definition) is 0. The Morgan fingerprint density at radius 2 is 0.474 bits per heavy atom. The monoisotopic (exact) mass is 1200 g/mol. The molecule has 2 heteroatoms. The normalized spacial score (nSPS) is 16.0. The van der Waals surface area contributed by atoms with Crippen LogP contribution < -0.4 is 9.80 Å². The van der Waals surface area contributed by atoms with E-state index < -0.39 is 16.2 Å². The van der Waals surface area contributed by atoms with Crippen LogP contribution in [0.4, 0.5) is 34.1 Å². The summed E-state index contributed by atoms with van der Waals surface area (Å²) in [7, 11) is 0. The van der Waals surface area contributed by atoms with E-state index in [-0.39, 0.29) is 0 Å². The van der Waals surface area contributed by atoms with Crippen LogP contribution >= 0.6 is 0 Å². The molecular weight excluding hydrogens is 1150 g/mol. The van der Waals surface area contributed by atoms with Crippen molar-refractivity contribution >= 4 is 66.4 Å². The average Bonchev–Trinajstić information content (AvgIpc) is 1.56. The Morgan fingerprint density at radius 1 is 0.168 bits per heavy atom. The molecule has 2 nitrogen and oxygen atoms in total. The van der Waals surface area contributed by atoms with Crippen LogP contribution in [0.1, 0.15) is 66.8 Å². The van der Waals surface area contributed by atoms with Crippen molar-refractivity contribution in [1.29, 1.82) is 0 Å². The smallest absolute Gasteiger partial charge is 0.0754 e. The molecule has 95 heavy (non-hydrogen) atoms. The first-order valence-corrected chi connectivity index (χ1v) is 33.4. The molecule has 4 aliphatic carbocycles. The maximum absolute atomic E-state index is 2.61. The van der Waals surface area contributed by atoms with Crippen molar-refractivity contribution in [3.05, 3.63) is 406 Å². The topological polar surface area (TPSA) is 6.48 Å². The first-order valence-electron chi connectivity index (χ1n) is 33.4. The van der Waals surface area contributed by atoms with E-state index in [4.69, 9.17) is 0 Å². The second-order valence-corrected chi connectivity index (χ2v) is 26.7. The quantitative estimate of drug-likeness (QED) is 0.163. The van der Waals surface area contributed by atoms with Gasteiger partial charge in [-0.05, 0) is 186 Å². The van der Waals surface area contributed by atoms with E-state index in [1.807, 2.05) is 0 Å². The zero-order chi connectivity index (χ0) is 61.9. The van der Waals surface area contributed by atoms with Crippen molar-refractivity contribution in [2.45, 2.75) is 16.2 Å². The number of para-hydroxylation sites is 4. The standard InChI is InChI=1S/C93H56N2/c1-2-27-58-57(26-1)54-55-66-63-32-7-13-41-75(63)93(90(58)66)76-42-14-8-33-67(76)89-68(36-23-47-81(89)93)88-64-34-24-52-82(94-84-48-19-15-43-77(84)91(78-44-16-20-49-85(78)94)71-37-9-3-28-59(71)60-29-4-10-38-72(60)91)69(64)56-70-65(88)35-25-53-83(70)95-86-50-21-17-45-79(86)92(80-46-18-22-51-87(80)95)73-39-11-5-30-61(73)62-31-6-12-40-74(62)92/h1-56H. The Labute approximate surface area is 551 Å². The van der Waals surface area contributed by atoms with Gasteiger partial charge in [0.15, 0.2) is 0 Å². The first-order chi connectivity index (χ1) is 47.2. The van der Waals surface area contributed by atoms with Gasteiger partial charge in [-0.1, -0.05) is 297 Å². The Balaban J connectivity index is 0.867. The minimum Gasteiger partial charge on any atom is -0.309 e. The molecule has 3 spiro atoms. The third kappa shape index (κ3) is 6.14. The van der Waals surface area contributed by atoms with Gasteiger partial charge in [-0.15, -0.1) is 0 Å². The molecule has 16 aromatic carbocycles. The molecule has 0 bridgehead atoms. The minimum atomic E-state index is -0.589. The summed E-state index contributed by atoms with van der Waals surface area (Å²) >= 11 is 0. The third-order valence-electron chi connectivity index (χ3n) is 22.8. The number of hydrogen-bond acceptors (Lipinski definition) is 2. The lowest BCUT2D eigenvalue weighted by atomic mass is 9.64. The summed E-state index contributed by atoms with van der Waals surface area (Å²) in [6.07, 6.45) is 0. The van der Waals surface area contributed by atoms with Gasteiger partial charge in [-0.25, -0.2) is 0 Å². The van der Waals surface area contributed by atoms with Gasteiger partial charge < -0.3 is 9.80 Å². The molecule has 1 unspecified atom stereocenters. The van der Waals surface area contributed by atoms with Crippen molar-refractivity contribution in [3.63, 3.8) is 0 Å². The zero-order valence-corrected chi connectivity index (χ0v) is 51.7. The molecule has 2 heterocycles. The van der Waals surface area contributed by atoms with Crippen LogP contribution in [0.2, 0.25) is 0 Å². The van der Waals surface area contributed by atoms with E-state index in [0.29, 0.717) is 0 Å². The van der Waals surface area contributed by atoms with Gasteiger partial charge in [0.05, 0.1) is 50.4 Å². The fourth-order valence-electron chi connectivity index (χ4n) is 19.6. The zero-order valence-electron chi connectivity index (χ0n) is 51.7. The van der Waals surface area contributed by atoms with Gasteiger partial charge in [0.2, 0.25) is 0 Å². The van der Waals surface area contributed by atoms with Gasteiger partial charge in [-0.2, -0.15) is 0 Å². The second kappa shape index (κ2) is 18.6. The molecule has 0 N–H and O–H groups in total. The number of rotatable bonds is 3. The molecule has 438 valence electrons. The number of anilines is 6. The van der Waals surface area contributed by atoms with Crippen molar-refractivity contribution in [2.75, 3.05) is 9.80 Å². The van der Waals surface area contributed by atoms with Gasteiger partial charge in [-0.3, -0.25) is 0 Å². The third-order valence-corrected chi connectivity index (χ3v) is 22.8. The Kier molecular flexibility index (Phi) is 10.1. The number of benzene rings is 16. The summed E-state index contributed by atoms with van der Waals surface area (Å²) in [4.78, 5) is 5.23. The molecule has 2 aliphatic heterocycles. The molecule has 0 fully saturated rings. The molecular formula is C93H56N2. The van der Waals surface area contributed by atoms with Gasteiger partial charge in [0.1, 0.15) is 0 Å².